The quantitative estimate of drug-likeness (QED) is 0.737. The number of hydrogen-bond acceptors (Lipinski definition) is 5. The normalized spacial score (nSPS) is 18.0. The van der Waals surface area contributed by atoms with Gasteiger partial charge in [0, 0.05) is 29.3 Å². The average molecular weight is 371 g/mol. The second kappa shape index (κ2) is 6.62. The number of carbonyl (C=O) groups is 2. The van der Waals surface area contributed by atoms with Gasteiger partial charge in [0.25, 0.3) is 0 Å². The van der Waals surface area contributed by atoms with Crippen molar-refractivity contribution < 1.29 is 14.3 Å². The minimum absolute atomic E-state index is 0.135. The van der Waals surface area contributed by atoms with Gasteiger partial charge in [0.15, 0.2) is 0 Å². The number of nitrogens with zero attached hydrogens (tertiary/aromatic N) is 1. The fourth-order valence-electron chi connectivity index (χ4n) is 1.92. The number of nitrogens with one attached hydrogen (secondary N) is 3. The number of aromatic nitrogens is 1. The molecule has 2 heterocycles. The second-order valence-corrected chi connectivity index (χ2v) is 6.88. The number of carbonyl (C=O) groups excluding carboxylic acids is 2. The Morgan fingerprint density at radius 1 is 1.55 bits per heavy atom. The van der Waals surface area contributed by atoms with Crippen LogP contribution in [0.25, 0.3) is 0 Å². The fourth-order valence-corrected chi connectivity index (χ4v) is 2.30. The SMILES string of the molecule is CC(C)(C)OC(=O)NCC1NCc2cc(Br)cnc2NC1=O. The molecule has 0 saturated heterocycles. The van der Waals surface area contributed by atoms with Gasteiger partial charge in [0.1, 0.15) is 17.5 Å². The van der Waals surface area contributed by atoms with Crippen molar-refractivity contribution in [2.24, 2.45) is 0 Å². The van der Waals surface area contributed by atoms with E-state index in [1.807, 2.05) is 6.07 Å². The van der Waals surface area contributed by atoms with Crippen LogP contribution in [-0.2, 0) is 16.1 Å². The Morgan fingerprint density at radius 3 is 2.95 bits per heavy atom. The number of alkyl carbamates (subject to hydrolysis) is 1. The van der Waals surface area contributed by atoms with Crippen LogP contribution in [0.1, 0.15) is 26.3 Å². The van der Waals surface area contributed by atoms with E-state index in [1.54, 1.807) is 27.0 Å². The standard InChI is InChI=1S/C14H19BrN4O3/c1-14(2,3)22-13(21)18-7-10-12(20)19-11-8(5-16-10)4-9(15)6-17-11/h4,6,10,16H,5,7H2,1-3H3,(H,18,21)(H,17,19,20). The van der Waals surface area contributed by atoms with Crippen LogP contribution in [0.2, 0.25) is 0 Å². The molecular formula is C14H19BrN4O3. The monoisotopic (exact) mass is 370 g/mol. The van der Waals surface area contributed by atoms with E-state index in [1.165, 1.54) is 0 Å². The molecule has 1 aromatic rings. The molecule has 120 valence electrons. The number of rotatable bonds is 2. The van der Waals surface area contributed by atoms with Crippen LogP contribution in [0.5, 0.6) is 0 Å². The van der Waals surface area contributed by atoms with Crippen molar-refractivity contribution >= 4 is 33.7 Å². The van der Waals surface area contributed by atoms with Gasteiger partial charge in [0.2, 0.25) is 5.91 Å². The first kappa shape index (κ1) is 16.7. The molecule has 2 amide bonds. The lowest BCUT2D eigenvalue weighted by atomic mass is 10.2. The molecule has 1 atom stereocenters. The van der Waals surface area contributed by atoms with E-state index in [0.29, 0.717) is 12.4 Å². The predicted octanol–water partition coefficient (Wildman–Crippen LogP) is 1.78. The molecule has 0 bridgehead atoms. The van der Waals surface area contributed by atoms with Crippen molar-refractivity contribution in [3.05, 3.63) is 22.3 Å². The number of amides is 2. The molecule has 1 unspecified atom stereocenters. The molecule has 0 radical (unpaired) electrons. The molecule has 0 saturated carbocycles. The van der Waals surface area contributed by atoms with Crippen LogP contribution in [0.3, 0.4) is 0 Å². The highest BCUT2D eigenvalue weighted by molar-refractivity contribution is 9.10. The molecule has 0 fully saturated rings. The molecule has 1 aliphatic heterocycles. The Kier molecular flexibility index (Phi) is 5.02. The molecule has 0 aliphatic carbocycles. The summed E-state index contributed by atoms with van der Waals surface area (Å²) in [6.07, 6.45) is 1.07. The highest BCUT2D eigenvalue weighted by Gasteiger charge is 2.25. The van der Waals surface area contributed by atoms with Crippen molar-refractivity contribution in [1.29, 1.82) is 0 Å². The summed E-state index contributed by atoms with van der Waals surface area (Å²) < 4.78 is 5.99. The topological polar surface area (TPSA) is 92.3 Å². The molecule has 0 aromatic carbocycles. The van der Waals surface area contributed by atoms with Gasteiger partial charge in [-0.15, -0.1) is 0 Å². The second-order valence-electron chi connectivity index (χ2n) is 5.97. The molecule has 7 nitrogen and oxygen atoms in total. The zero-order chi connectivity index (χ0) is 16.3. The zero-order valence-corrected chi connectivity index (χ0v) is 14.3. The van der Waals surface area contributed by atoms with E-state index in [4.69, 9.17) is 4.74 Å². The smallest absolute Gasteiger partial charge is 0.407 e. The molecule has 1 aliphatic rings. The van der Waals surface area contributed by atoms with Gasteiger partial charge < -0.3 is 20.7 Å². The molecule has 0 spiro atoms. The maximum absolute atomic E-state index is 12.1. The Balaban J connectivity index is 1.95. The van der Waals surface area contributed by atoms with E-state index in [9.17, 15) is 9.59 Å². The van der Waals surface area contributed by atoms with Crippen LogP contribution >= 0.6 is 15.9 Å². The average Bonchev–Trinajstić information content (AvgIpc) is 2.53. The first-order valence-electron chi connectivity index (χ1n) is 6.90. The van der Waals surface area contributed by atoms with Crippen molar-refractivity contribution in [1.82, 2.24) is 15.6 Å². The number of pyridine rings is 1. The Hall–Kier alpha value is -1.67. The predicted molar refractivity (Wildman–Crippen MR) is 85.4 cm³/mol. The number of anilines is 1. The summed E-state index contributed by atoms with van der Waals surface area (Å²) in [5, 5.41) is 8.43. The maximum atomic E-state index is 12.1. The number of fused-ring (bicyclic) bond motifs is 1. The minimum atomic E-state index is -0.574. The van der Waals surface area contributed by atoms with Crippen molar-refractivity contribution in [3.63, 3.8) is 0 Å². The third-order valence-corrected chi connectivity index (χ3v) is 3.31. The highest BCUT2D eigenvalue weighted by atomic mass is 79.9. The Bertz CT molecular complexity index is 586. The first-order chi connectivity index (χ1) is 10.2. The Labute approximate surface area is 137 Å². The summed E-state index contributed by atoms with van der Waals surface area (Å²) in [6, 6.07) is 1.33. The third kappa shape index (κ3) is 4.67. The van der Waals surface area contributed by atoms with Gasteiger partial charge in [-0.2, -0.15) is 0 Å². The number of halogens is 1. The molecule has 3 N–H and O–H groups in total. The van der Waals surface area contributed by atoms with Crippen LogP contribution in [-0.4, -0.2) is 35.2 Å². The number of hydrogen-bond donors (Lipinski definition) is 3. The van der Waals surface area contributed by atoms with Crippen LogP contribution in [0, 0.1) is 0 Å². The van der Waals surface area contributed by atoms with Gasteiger partial charge >= 0.3 is 6.09 Å². The van der Waals surface area contributed by atoms with E-state index in [2.05, 4.69) is 36.9 Å². The van der Waals surface area contributed by atoms with Crippen molar-refractivity contribution in [3.8, 4) is 0 Å². The van der Waals surface area contributed by atoms with Crippen LogP contribution < -0.4 is 16.0 Å². The summed E-state index contributed by atoms with van der Waals surface area (Å²) in [6.45, 7) is 5.95. The lowest BCUT2D eigenvalue weighted by Gasteiger charge is -2.21. The zero-order valence-electron chi connectivity index (χ0n) is 12.7. The molecule has 2 rings (SSSR count). The molecule has 22 heavy (non-hydrogen) atoms. The van der Waals surface area contributed by atoms with Crippen LogP contribution in [0.4, 0.5) is 10.6 Å². The molecule has 1 aromatic heterocycles. The van der Waals surface area contributed by atoms with Crippen molar-refractivity contribution in [2.75, 3.05) is 11.9 Å². The lowest BCUT2D eigenvalue weighted by molar-refractivity contribution is -0.117. The summed E-state index contributed by atoms with van der Waals surface area (Å²) in [5.41, 5.74) is 0.304. The van der Waals surface area contributed by atoms with E-state index >= 15 is 0 Å². The largest absolute Gasteiger partial charge is 0.444 e. The first-order valence-corrected chi connectivity index (χ1v) is 7.69. The van der Waals surface area contributed by atoms with E-state index in [-0.39, 0.29) is 12.5 Å². The molecular weight excluding hydrogens is 352 g/mol. The van der Waals surface area contributed by atoms with E-state index < -0.39 is 17.7 Å². The van der Waals surface area contributed by atoms with Crippen molar-refractivity contribution in [2.45, 2.75) is 39.0 Å². The lowest BCUT2D eigenvalue weighted by Crippen LogP contribution is -2.47. The summed E-state index contributed by atoms with van der Waals surface area (Å²) in [4.78, 5) is 28.0. The fraction of sp³-hybridized carbons (Fsp3) is 0.500. The van der Waals surface area contributed by atoms with Gasteiger partial charge in [-0.25, -0.2) is 9.78 Å². The van der Waals surface area contributed by atoms with E-state index in [0.717, 1.165) is 10.0 Å². The van der Waals surface area contributed by atoms with Crippen LogP contribution in [0.15, 0.2) is 16.7 Å². The summed E-state index contributed by atoms with van der Waals surface area (Å²) in [5.74, 6) is 0.282. The Morgan fingerprint density at radius 2 is 2.27 bits per heavy atom. The van der Waals surface area contributed by atoms with Gasteiger partial charge in [-0.05, 0) is 42.8 Å². The molecule has 8 heteroatoms. The van der Waals surface area contributed by atoms with Gasteiger partial charge in [-0.3, -0.25) is 4.79 Å². The highest BCUT2D eigenvalue weighted by Crippen LogP contribution is 2.20. The maximum Gasteiger partial charge on any atom is 0.407 e. The summed E-state index contributed by atoms with van der Waals surface area (Å²) >= 11 is 3.35. The number of ether oxygens (including phenoxy) is 1. The minimum Gasteiger partial charge on any atom is -0.444 e. The summed E-state index contributed by atoms with van der Waals surface area (Å²) in [7, 11) is 0. The third-order valence-electron chi connectivity index (χ3n) is 2.88. The van der Waals surface area contributed by atoms with Gasteiger partial charge in [0.05, 0.1) is 0 Å². The van der Waals surface area contributed by atoms with Gasteiger partial charge in [-0.1, -0.05) is 0 Å².